The van der Waals surface area contributed by atoms with E-state index >= 15 is 0 Å². The minimum absolute atomic E-state index is 0.0386. The van der Waals surface area contributed by atoms with Crippen LogP contribution >= 0.6 is 23.2 Å². The second kappa shape index (κ2) is 6.10. The van der Waals surface area contributed by atoms with E-state index in [0.29, 0.717) is 12.8 Å². The molecule has 1 heterocycles. The first-order chi connectivity index (χ1) is 11.3. The number of hydrogen-bond acceptors (Lipinski definition) is 7. The van der Waals surface area contributed by atoms with E-state index < -0.39 is 10.6 Å². The molecule has 1 aliphatic carbocycles. The molecule has 0 amide bonds. The van der Waals surface area contributed by atoms with E-state index in [9.17, 15) is 10.1 Å². The monoisotopic (exact) mass is 370 g/mol. The van der Waals surface area contributed by atoms with Gasteiger partial charge in [0.1, 0.15) is 11.4 Å². The smallest absolute Gasteiger partial charge is 0.296 e. The van der Waals surface area contributed by atoms with Crippen molar-refractivity contribution in [2.75, 3.05) is 4.90 Å². The zero-order valence-corrected chi connectivity index (χ0v) is 14.2. The second-order valence-electron chi connectivity index (χ2n) is 5.83. The van der Waals surface area contributed by atoms with Crippen LogP contribution in [0.25, 0.3) is 0 Å². The van der Waals surface area contributed by atoms with E-state index in [4.69, 9.17) is 34.7 Å². The highest BCUT2D eigenvalue weighted by atomic mass is 35.5. The quantitative estimate of drug-likeness (QED) is 0.611. The number of guanidine groups is 2. The lowest BCUT2D eigenvalue weighted by molar-refractivity contribution is -0.384. The zero-order chi connectivity index (χ0) is 17.5. The van der Waals surface area contributed by atoms with Crippen molar-refractivity contribution in [2.45, 2.75) is 37.8 Å². The SMILES string of the molecule is NC1=NC2(CCCCC2)N(c2c(Cl)cc(Cl)cc2[N+](=O)[O-])C(N)=N1. The summed E-state index contributed by atoms with van der Waals surface area (Å²) in [5.74, 6) is 0.107. The van der Waals surface area contributed by atoms with Crippen molar-refractivity contribution in [3.8, 4) is 0 Å². The number of nitrogens with two attached hydrogens (primary N) is 2. The van der Waals surface area contributed by atoms with Crippen LogP contribution in [0.4, 0.5) is 11.4 Å². The van der Waals surface area contributed by atoms with Crippen LogP contribution in [0.2, 0.25) is 10.0 Å². The Labute approximate surface area is 148 Å². The van der Waals surface area contributed by atoms with Gasteiger partial charge in [-0.2, -0.15) is 4.99 Å². The number of nitro groups is 1. The lowest BCUT2D eigenvalue weighted by Gasteiger charge is -2.45. The van der Waals surface area contributed by atoms with Crippen molar-refractivity contribution < 1.29 is 4.92 Å². The molecule has 0 unspecified atom stereocenters. The standard InChI is InChI=1S/C14H16Cl2N6O2/c15-8-6-9(16)11(10(7-8)22(23)24)21-13(18)19-12(17)20-14(21)4-2-1-3-5-14/h6-7H,1-5H2,(H4,17,18,19,20). The number of nitro benzene ring substituents is 1. The third kappa shape index (κ3) is 2.76. The van der Waals surface area contributed by atoms with Gasteiger partial charge in [-0.05, 0) is 31.7 Å². The molecule has 0 radical (unpaired) electrons. The first kappa shape index (κ1) is 16.8. The highest BCUT2D eigenvalue weighted by molar-refractivity contribution is 6.37. The molecule has 1 spiro atoms. The Bertz CT molecular complexity index is 758. The maximum atomic E-state index is 11.5. The number of hydrogen-bond donors (Lipinski definition) is 2. The van der Waals surface area contributed by atoms with Crippen LogP contribution in [0, 0.1) is 10.1 Å². The maximum Gasteiger partial charge on any atom is 0.296 e. The maximum absolute atomic E-state index is 11.5. The molecule has 1 aromatic rings. The molecule has 0 aromatic heterocycles. The van der Waals surface area contributed by atoms with Gasteiger partial charge >= 0.3 is 0 Å². The molecule has 8 nitrogen and oxygen atoms in total. The lowest BCUT2D eigenvalue weighted by atomic mass is 9.87. The molecule has 2 aliphatic rings. The molecule has 1 fully saturated rings. The topological polar surface area (TPSA) is 123 Å². The molecule has 3 rings (SSSR count). The summed E-state index contributed by atoms with van der Waals surface area (Å²) < 4.78 is 0. The average Bonchev–Trinajstić information content (AvgIpc) is 2.48. The van der Waals surface area contributed by atoms with Gasteiger partial charge in [0, 0.05) is 11.1 Å². The van der Waals surface area contributed by atoms with Crippen molar-refractivity contribution in [3.05, 3.63) is 32.3 Å². The van der Waals surface area contributed by atoms with Gasteiger partial charge in [-0.15, -0.1) is 0 Å². The lowest BCUT2D eigenvalue weighted by Crippen LogP contribution is -2.58. The number of halogens is 2. The molecule has 128 valence electrons. The summed E-state index contributed by atoms with van der Waals surface area (Å²) in [6.45, 7) is 0. The number of nitrogens with zero attached hydrogens (tertiary/aromatic N) is 4. The van der Waals surface area contributed by atoms with Crippen molar-refractivity contribution >= 4 is 46.5 Å². The van der Waals surface area contributed by atoms with Crippen molar-refractivity contribution in [2.24, 2.45) is 21.5 Å². The first-order valence-corrected chi connectivity index (χ1v) is 8.23. The Morgan fingerprint density at radius 1 is 1.21 bits per heavy atom. The number of benzene rings is 1. The van der Waals surface area contributed by atoms with Gasteiger partial charge in [-0.25, -0.2) is 4.99 Å². The van der Waals surface area contributed by atoms with Gasteiger partial charge in [0.15, 0.2) is 0 Å². The third-order valence-corrected chi connectivity index (χ3v) is 4.79. The second-order valence-corrected chi connectivity index (χ2v) is 6.67. The van der Waals surface area contributed by atoms with E-state index in [1.165, 1.54) is 12.1 Å². The largest absolute Gasteiger partial charge is 0.369 e. The fraction of sp³-hybridized carbons (Fsp3) is 0.429. The summed E-state index contributed by atoms with van der Waals surface area (Å²) >= 11 is 12.2. The summed E-state index contributed by atoms with van der Waals surface area (Å²) in [7, 11) is 0. The van der Waals surface area contributed by atoms with E-state index in [0.717, 1.165) is 19.3 Å². The van der Waals surface area contributed by atoms with E-state index in [1.54, 1.807) is 4.90 Å². The summed E-state index contributed by atoms with van der Waals surface area (Å²) in [5, 5.41) is 11.8. The summed E-state index contributed by atoms with van der Waals surface area (Å²) in [4.78, 5) is 21.0. The van der Waals surface area contributed by atoms with E-state index in [-0.39, 0.29) is 33.3 Å². The van der Waals surface area contributed by atoms with Crippen LogP contribution < -0.4 is 16.4 Å². The van der Waals surface area contributed by atoms with E-state index in [1.807, 2.05) is 0 Å². The van der Waals surface area contributed by atoms with Crippen LogP contribution in [0.15, 0.2) is 22.1 Å². The molecule has 1 aromatic carbocycles. The molecular formula is C14H16Cl2N6O2. The molecule has 24 heavy (non-hydrogen) atoms. The van der Waals surface area contributed by atoms with E-state index in [2.05, 4.69) is 9.98 Å². The van der Waals surface area contributed by atoms with Crippen LogP contribution in [-0.4, -0.2) is 22.5 Å². The van der Waals surface area contributed by atoms with Crippen LogP contribution in [0.1, 0.15) is 32.1 Å². The number of rotatable bonds is 2. The van der Waals surface area contributed by atoms with Crippen molar-refractivity contribution in [3.63, 3.8) is 0 Å². The molecule has 1 aliphatic heterocycles. The average molecular weight is 371 g/mol. The van der Waals surface area contributed by atoms with Gasteiger partial charge in [-0.1, -0.05) is 29.6 Å². The fourth-order valence-corrected chi connectivity index (χ4v) is 3.93. The molecule has 0 saturated heterocycles. The number of aliphatic imine (C=N–C) groups is 2. The summed E-state index contributed by atoms with van der Waals surface area (Å²) in [6, 6.07) is 2.69. The van der Waals surface area contributed by atoms with Gasteiger partial charge in [-0.3, -0.25) is 15.0 Å². The van der Waals surface area contributed by atoms with Crippen LogP contribution in [0.3, 0.4) is 0 Å². The predicted molar refractivity (Wildman–Crippen MR) is 94.7 cm³/mol. The van der Waals surface area contributed by atoms with Crippen molar-refractivity contribution in [1.29, 1.82) is 0 Å². The Morgan fingerprint density at radius 3 is 2.50 bits per heavy atom. The minimum Gasteiger partial charge on any atom is -0.369 e. The molecule has 10 heteroatoms. The van der Waals surface area contributed by atoms with Crippen LogP contribution in [-0.2, 0) is 0 Å². The summed E-state index contributed by atoms with van der Waals surface area (Å²) in [5.41, 5.74) is 11.0. The van der Waals surface area contributed by atoms with Gasteiger partial charge < -0.3 is 11.5 Å². The highest BCUT2D eigenvalue weighted by Crippen LogP contribution is 2.46. The zero-order valence-electron chi connectivity index (χ0n) is 12.7. The van der Waals surface area contributed by atoms with Gasteiger partial charge in [0.25, 0.3) is 5.69 Å². The fourth-order valence-electron chi connectivity index (χ4n) is 3.36. The normalized spacial score (nSPS) is 19.8. The van der Waals surface area contributed by atoms with Crippen LogP contribution in [0.5, 0.6) is 0 Å². The Balaban J connectivity index is 2.23. The predicted octanol–water partition coefficient (Wildman–Crippen LogP) is 3.01. The van der Waals surface area contributed by atoms with Crippen molar-refractivity contribution in [1.82, 2.24) is 0 Å². The molecular weight excluding hydrogens is 355 g/mol. The molecule has 0 bridgehead atoms. The first-order valence-electron chi connectivity index (χ1n) is 7.47. The highest BCUT2D eigenvalue weighted by Gasteiger charge is 2.45. The number of anilines is 1. The summed E-state index contributed by atoms with van der Waals surface area (Å²) in [6.07, 6.45) is 4.16. The van der Waals surface area contributed by atoms with Gasteiger partial charge in [0.2, 0.25) is 11.9 Å². The molecule has 0 atom stereocenters. The molecule has 4 N–H and O–H groups in total. The third-order valence-electron chi connectivity index (χ3n) is 4.28. The Morgan fingerprint density at radius 2 is 1.88 bits per heavy atom. The molecule has 1 saturated carbocycles. The minimum atomic E-state index is -0.809. The Hall–Kier alpha value is -2.06. The van der Waals surface area contributed by atoms with Gasteiger partial charge in [0.05, 0.1) is 9.95 Å². The Kier molecular flexibility index (Phi) is 4.27.